The number of Topliss-reactive ketones (excluding diaryl/α,β-unsaturated/α-hetero) is 1. The van der Waals surface area contributed by atoms with Crippen LogP contribution >= 0.6 is 0 Å². The molecule has 0 spiro atoms. The second kappa shape index (κ2) is 19.3. The summed E-state index contributed by atoms with van der Waals surface area (Å²) in [7, 11) is 0. The number of carbonyl (C=O) groups is 4. The van der Waals surface area contributed by atoms with Crippen LogP contribution in [-0.4, -0.2) is 47.9 Å². The van der Waals surface area contributed by atoms with Gasteiger partial charge in [0.05, 0.1) is 25.6 Å². The van der Waals surface area contributed by atoms with Crippen molar-refractivity contribution in [2.24, 2.45) is 40.4 Å². The molecule has 7 heteroatoms. The molecule has 280 valence electrons. The third kappa shape index (κ3) is 10.3. The maximum atomic E-state index is 13.6. The van der Waals surface area contributed by atoms with Crippen molar-refractivity contribution in [2.75, 3.05) is 13.2 Å². The van der Waals surface area contributed by atoms with Crippen molar-refractivity contribution in [3.05, 3.63) is 36.0 Å². The maximum Gasteiger partial charge on any atom is 0.306 e. The molecule has 0 bridgehead atoms. The van der Waals surface area contributed by atoms with Crippen LogP contribution in [0, 0.1) is 40.4 Å². The van der Waals surface area contributed by atoms with Crippen molar-refractivity contribution in [3.63, 3.8) is 0 Å². The lowest BCUT2D eigenvalue weighted by Crippen LogP contribution is -2.56. The Kier molecular flexibility index (Phi) is 15.6. The fourth-order valence-corrected chi connectivity index (χ4v) is 10.3. The minimum Gasteiger partial charge on any atom is -0.466 e. The van der Waals surface area contributed by atoms with Crippen LogP contribution in [0.15, 0.2) is 36.0 Å². The van der Waals surface area contributed by atoms with E-state index in [9.17, 15) is 24.3 Å². The van der Waals surface area contributed by atoms with Gasteiger partial charge in [-0.2, -0.15) is 0 Å². The van der Waals surface area contributed by atoms with E-state index in [1.807, 2.05) is 6.08 Å². The third-order valence-corrected chi connectivity index (χ3v) is 12.8. The topological polar surface area (TPSA) is 107 Å². The predicted molar refractivity (Wildman–Crippen MR) is 197 cm³/mol. The quantitative estimate of drug-likeness (QED) is 0.0725. The van der Waals surface area contributed by atoms with Gasteiger partial charge in [0.1, 0.15) is 6.61 Å². The average molecular weight is 695 g/mol. The van der Waals surface area contributed by atoms with Gasteiger partial charge >= 0.3 is 11.9 Å². The molecule has 0 heterocycles. The molecule has 2 unspecified atom stereocenters. The van der Waals surface area contributed by atoms with E-state index in [0.717, 1.165) is 50.5 Å². The van der Waals surface area contributed by atoms with E-state index in [1.54, 1.807) is 12.2 Å². The van der Waals surface area contributed by atoms with E-state index in [2.05, 4.69) is 39.8 Å². The molecule has 3 fully saturated rings. The first-order valence-corrected chi connectivity index (χ1v) is 20.1. The van der Waals surface area contributed by atoms with Gasteiger partial charge in [-0.15, -0.1) is 0 Å². The average Bonchev–Trinajstić information content (AvgIpc) is 3.35. The van der Waals surface area contributed by atoms with Crippen LogP contribution in [-0.2, 0) is 28.7 Å². The third-order valence-electron chi connectivity index (χ3n) is 12.8. The number of hydrogen-bond donors (Lipinski definition) is 1. The summed E-state index contributed by atoms with van der Waals surface area (Å²) in [5.74, 6) is -0.699. The maximum absolute atomic E-state index is 13.6. The van der Waals surface area contributed by atoms with Gasteiger partial charge in [-0.05, 0) is 93.1 Å². The molecule has 0 saturated heterocycles. The van der Waals surface area contributed by atoms with Gasteiger partial charge in [0, 0.05) is 17.3 Å². The summed E-state index contributed by atoms with van der Waals surface area (Å²) in [5, 5.41) is 11.6. The number of ether oxygens (including phenoxy) is 2. The van der Waals surface area contributed by atoms with E-state index >= 15 is 0 Å². The van der Waals surface area contributed by atoms with Crippen LogP contribution in [0.5, 0.6) is 0 Å². The van der Waals surface area contributed by atoms with E-state index in [1.165, 1.54) is 57.8 Å². The number of esters is 2. The lowest BCUT2D eigenvalue weighted by Gasteiger charge is -2.58. The van der Waals surface area contributed by atoms with Crippen LogP contribution in [0.3, 0.4) is 0 Å². The summed E-state index contributed by atoms with van der Waals surface area (Å²) < 4.78 is 10.7. The van der Waals surface area contributed by atoms with Crippen molar-refractivity contribution >= 4 is 23.5 Å². The highest BCUT2D eigenvalue weighted by molar-refractivity contribution is 6.01. The van der Waals surface area contributed by atoms with Crippen molar-refractivity contribution in [1.29, 1.82) is 0 Å². The van der Waals surface area contributed by atoms with Gasteiger partial charge in [0.2, 0.25) is 0 Å². The number of fused-ring (bicyclic) bond motifs is 5. The number of aliphatic hydroxyl groups is 1. The normalized spacial score (nSPS) is 31.5. The fourth-order valence-electron chi connectivity index (χ4n) is 10.3. The Bertz CT molecular complexity index is 1250. The molecule has 0 aromatic heterocycles. The van der Waals surface area contributed by atoms with E-state index in [4.69, 9.17) is 9.47 Å². The second-order valence-electron chi connectivity index (χ2n) is 16.4. The summed E-state index contributed by atoms with van der Waals surface area (Å²) in [6, 6.07) is 0. The molecule has 4 aliphatic rings. The Balaban J connectivity index is 1.08. The van der Waals surface area contributed by atoms with Gasteiger partial charge in [0.15, 0.2) is 11.6 Å². The lowest BCUT2D eigenvalue weighted by molar-refractivity contribution is -0.156. The first kappa shape index (κ1) is 40.2. The van der Waals surface area contributed by atoms with Gasteiger partial charge in [-0.25, -0.2) is 0 Å². The van der Waals surface area contributed by atoms with E-state index in [0.29, 0.717) is 13.0 Å². The molecule has 7 nitrogen and oxygen atoms in total. The van der Waals surface area contributed by atoms with Crippen molar-refractivity contribution < 1.29 is 33.8 Å². The van der Waals surface area contributed by atoms with Crippen molar-refractivity contribution in [1.82, 2.24) is 0 Å². The number of hydrogen-bond acceptors (Lipinski definition) is 7. The highest BCUT2D eigenvalue weighted by Crippen LogP contribution is 2.67. The van der Waals surface area contributed by atoms with Gasteiger partial charge in [-0.1, -0.05) is 103 Å². The Morgan fingerprint density at radius 1 is 0.900 bits per heavy atom. The molecule has 8 atom stereocenters. The molecule has 0 radical (unpaired) electrons. The van der Waals surface area contributed by atoms with E-state index in [-0.39, 0.29) is 71.4 Å². The Morgan fingerprint density at radius 2 is 1.52 bits per heavy atom. The van der Waals surface area contributed by atoms with Gasteiger partial charge in [0.25, 0.3) is 0 Å². The first-order chi connectivity index (χ1) is 24.0. The standard InChI is InChI=1S/C43H66O7/c1-5-6-7-8-9-10-11-12-13-14-15-16-17-18-19-26-49-38(47)22-23-39(48)50-30-37(46)40-31(2)27-35-34-21-20-32-28-33(44)24-25-42(32,3)41(34)36(45)29-43(35,40)4/h11-12,24-25,28,31,34-36,40-41,45H,5-10,13-23,26-27,29-30H2,1-4H3/b12-11-/t31-,34+,35?,36+,40-,41?,42+,43+/m1/s1. The number of unbranched alkanes of at least 4 members (excludes halogenated alkanes) is 11. The lowest BCUT2D eigenvalue weighted by atomic mass is 9.46. The number of rotatable bonds is 21. The molecule has 0 aromatic rings. The highest BCUT2D eigenvalue weighted by atomic mass is 16.5. The summed E-state index contributed by atoms with van der Waals surface area (Å²) in [6.07, 6.45) is 28.2. The molecule has 1 N–H and O–H groups in total. The van der Waals surface area contributed by atoms with Gasteiger partial charge in [-0.3, -0.25) is 19.2 Å². The Hall–Kier alpha value is -2.54. The number of carbonyl (C=O) groups excluding carboxylic acids is 4. The zero-order chi connectivity index (χ0) is 36.1. The zero-order valence-electron chi connectivity index (χ0n) is 31.6. The van der Waals surface area contributed by atoms with Crippen molar-refractivity contribution in [2.45, 2.75) is 156 Å². The van der Waals surface area contributed by atoms with E-state index < -0.39 is 18.0 Å². The zero-order valence-corrected chi connectivity index (χ0v) is 31.6. The van der Waals surface area contributed by atoms with Crippen LogP contribution < -0.4 is 0 Å². The number of allylic oxidation sites excluding steroid dienone is 6. The molecule has 3 saturated carbocycles. The molecule has 4 aliphatic carbocycles. The minimum absolute atomic E-state index is 0.0145. The van der Waals surface area contributed by atoms with Crippen LogP contribution in [0.1, 0.15) is 150 Å². The van der Waals surface area contributed by atoms with Crippen LogP contribution in [0.25, 0.3) is 0 Å². The Labute approximate surface area is 302 Å². The van der Waals surface area contributed by atoms with Crippen LogP contribution in [0.2, 0.25) is 0 Å². The molecule has 0 aromatic carbocycles. The minimum atomic E-state index is -0.589. The second-order valence-corrected chi connectivity index (χ2v) is 16.4. The number of ketones is 2. The molecular formula is C43H66O7. The predicted octanol–water partition coefficient (Wildman–Crippen LogP) is 9.21. The molecule has 4 rings (SSSR count). The largest absolute Gasteiger partial charge is 0.466 e. The number of aliphatic hydroxyl groups excluding tert-OH is 1. The highest BCUT2D eigenvalue weighted by Gasteiger charge is 2.64. The SMILES string of the molecule is CCCCCCC/C=C\CCCCCCCCOC(=O)CCC(=O)OCC(=O)[C@H]1[C@H](C)CC2[C@@H]3CCC4=CC(=O)C=C[C@]4(C)C3[C@@H](O)C[C@@]21C. The fraction of sp³-hybridized carbons (Fsp3) is 0.767. The van der Waals surface area contributed by atoms with Crippen LogP contribution in [0.4, 0.5) is 0 Å². The molecule has 50 heavy (non-hydrogen) atoms. The summed E-state index contributed by atoms with van der Waals surface area (Å²) in [5.41, 5.74) is 0.388. The monoisotopic (exact) mass is 694 g/mol. The molecule has 0 amide bonds. The van der Waals surface area contributed by atoms with Gasteiger partial charge < -0.3 is 14.6 Å². The molecule has 0 aliphatic heterocycles. The first-order valence-electron chi connectivity index (χ1n) is 20.1. The van der Waals surface area contributed by atoms with Crippen molar-refractivity contribution in [3.8, 4) is 0 Å². The molecular weight excluding hydrogens is 628 g/mol. The summed E-state index contributed by atoms with van der Waals surface area (Å²) in [6.45, 7) is 8.72. The summed E-state index contributed by atoms with van der Waals surface area (Å²) in [4.78, 5) is 50.4. The Morgan fingerprint density at radius 3 is 2.20 bits per heavy atom. The summed E-state index contributed by atoms with van der Waals surface area (Å²) >= 11 is 0. The smallest absolute Gasteiger partial charge is 0.306 e.